The van der Waals surface area contributed by atoms with Gasteiger partial charge in [-0.15, -0.1) is 24.0 Å². The minimum atomic E-state index is 0. The molecule has 0 aliphatic carbocycles. The maximum absolute atomic E-state index is 6.01. The van der Waals surface area contributed by atoms with E-state index in [9.17, 15) is 0 Å². The third kappa shape index (κ3) is 6.18. The first-order valence-corrected chi connectivity index (χ1v) is 8.05. The second kappa shape index (κ2) is 9.97. The van der Waals surface area contributed by atoms with Gasteiger partial charge in [0.05, 0.1) is 13.7 Å². The summed E-state index contributed by atoms with van der Waals surface area (Å²) in [5.41, 5.74) is 6.93. The minimum Gasteiger partial charge on any atom is -0.497 e. The molecular weight excluding hydrogens is 403 g/mol. The summed E-state index contributed by atoms with van der Waals surface area (Å²) >= 11 is 0. The van der Waals surface area contributed by atoms with E-state index in [4.69, 9.17) is 10.5 Å². The van der Waals surface area contributed by atoms with Gasteiger partial charge in [-0.25, -0.2) is 0 Å². The lowest BCUT2D eigenvalue weighted by Crippen LogP contribution is -2.40. The van der Waals surface area contributed by atoms with Gasteiger partial charge in [0.15, 0.2) is 5.96 Å². The van der Waals surface area contributed by atoms with Gasteiger partial charge in [-0.05, 0) is 56.1 Å². The Morgan fingerprint density at radius 1 is 1.26 bits per heavy atom. The first kappa shape index (κ1) is 20.0. The number of hydrogen-bond acceptors (Lipinski definition) is 3. The number of halogens is 1. The number of methoxy groups -OCH3 is 1. The molecule has 1 aromatic rings. The maximum Gasteiger partial charge on any atom is 0.193 e. The van der Waals surface area contributed by atoms with Gasteiger partial charge in [-0.2, -0.15) is 0 Å². The van der Waals surface area contributed by atoms with Crippen molar-refractivity contribution in [3.8, 4) is 5.75 Å². The first-order chi connectivity index (χ1) is 10.6. The van der Waals surface area contributed by atoms with Gasteiger partial charge in [-0.3, -0.25) is 9.89 Å². The van der Waals surface area contributed by atoms with Crippen LogP contribution in [0.1, 0.15) is 26.7 Å². The molecule has 0 aromatic heterocycles. The molecule has 1 aliphatic heterocycles. The Morgan fingerprint density at radius 3 is 2.39 bits per heavy atom. The largest absolute Gasteiger partial charge is 0.497 e. The summed E-state index contributed by atoms with van der Waals surface area (Å²) in [6.07, 6.45) is 2.60. The molecule has 0 amide bonds. The van der Waals surface area contributed by atoms with Crippen molar-refractivity contribution in [2.75, 3.05) is 32.1 Å². The molecule has 6 heteroatoms. The summed E-state index contributed by atoms with van der Waals surface area (Å²) in [6.45, 7) is 7.62. The van der Waals surface area contributed by atoms with Crippen LogP contribution in [0.5, 0.6) is 5.75 Å². The predicted molar refractivity (Wildman–Crippen MR) is 108 cm³/mol. The summed E-state index contributed by atoms with van der Waals surface area (Å²) < 4.78 is 5.14. The molecule has 1 unspecified atom stereocenters. The van der Waals surface area contributed by atoms with Crippen molar-refractivity contribution in [3.05, 3.63) is 24.3 Å². The number of nitrogens with zero attached hydrogens (tertiary/aromatic N) is 2. The molecule has 1 aromatic carbocycles. The van der Waals surface area contributed by atoms with E-state index in [2.05, 4.69) is 29.1 Å². The molecule has 0 bridgehead atoms. The maximum atomic E-state index is 6.01. The number of rotatable bonds is 6. The quantitative estimate of drug-likeness (QED) is 0.412. The van der Waals surface area contributed by atoms with Crippen LogP contribution in [0.2, 0.25) is 0 Å². The van der Waals surface area contributed by atoms with E-state index >= 15 is 0 Å². The second-order valence-corrected chi connectivity index (χ2v) is 6.13. The summed E-state index contributed by atoms with van der Waals surface area (Å²) in [6, 6.07) is 8.13. The van der Waals surface area contributed by atoms with E-state index in [-0.39, 0.29) is 24.0 Å². The van der Waals surface area contributed by atoms with Crippen molar-refractivity contribution in [2.45, 2.75) is 32.7 Å². The number of guanidine groups is 1. The Hall–Kier alpha value is -1.02. The Balaban J connectivity index is 0.00000264. The Morgan fingerprint density at radius 2 is 1.87 bits per heavy atom. The van der Waals surface area contributed by atoms with E-state index < -0.39 is 0 Å². The number of hydrogen-bond donors (Lipinski definition) is 2. The number of nitrogens with one attached hydrogen (secondary N) is 1. The number of likely N-dealkylation sites (tertiary alicyclic amines) is 1. The molecule has 1 atom stereocenters. The van der Waals surface area contributed by atoms with E-state index in [0.717, 1.165) is 18.0 Å². The highest BCUT2D eigenvalue weighted by Crippen LogP contribution is 2.18. The number of ether oxygens (including phenoxy) is 1. The molecule has 1 fully saturated rings. The summed E-state index contributed by atoms with van der Waals surface area (Å²) in [7, 11) is 1.66. The molecule has 5 nitrogen and oxygen atoms in total. The molecule has 1 heterocycles. The highest BCUT2D eigenvalue weighted by atomic mass is 127. The Bertz CT molecular complexity index is 484. The van der Waals surface area contributed by atoms with Gasteiger partial charge in [-0.1, -0.05) is 13.8 Å². The van der Waals surface area contributed by atoms with Crippen LogP contribution in [0.15, 0.2) is 29.3 Å². The predicted octanol–water partition coefficient (Wildman–Crippen LogP) is 3.16. The highest BCUT2D eigenvalue weighted by molar-refractivity contribution is 14.0. The fourth-order valence-corrected chi connectivity index (χ4v) is 2.87. The zero-order chi connectivity index (χ0) is 15.9. The van der Waals surface area contributed by atoms with Crippen LogP contribution in [0, 0.1) is 5.92 Å². The van der Waals surface area contributed by atoms with Crippen molar-refractivity contribution in [1.29, 1.82) is 0 Å². The van der Waals surface area contributed by atoms with Crippen LogP contribution in [-0.2, 0) is 0 Å². The standard InChI is InChI=1S/C17H28N4O.HI/c1-13(2)16(21-10-4-5-11-21)12-19-17(18)20-14-6-8-15(22-3)9-7-14;/h6-9,13,16H,4-5,10-12H2,1-3H3,(H3,18,19,20);1H. The van der Waals surface area contributed by atoms with Crippen molar-refractivity contribution in [1.82, 2.24) is 4.90 Å². The third-order valence-electron chi connectivity index (χ3n) is 4.19. The molecule has 1 saturated heterocycles. The smallest absolute Gasteiger partial charge is 0.193 e. The van der Waals surface area contributed by atoms with Crippen molar-refractivity contribution >= 4 is 35.6 Å². The molecule has 2 rings (SSSR count). The Kier molecular flexibility index (Phi) is 8.68. The Labute approximate surface area is 156 Å². The number of anilines is 1. The molecule has 0 radical (unpaired) electrons. The van der Waals surface area contributed by atoms with Gasteiger partial charge in [0.2, 0.25) is 0 Å². The van der Waals surface area contributed by atoms with Gasteiger partial charge in [0, 0.05) is 11.7 Å². The number of benzene rings is 1. The lowest BCUT2D eigenvalue weighted by Gasteiger charge is -2.29. The molecule has 1 aliphatic rings. The van der Waals surface area contributed by atoms with E-state index in [1.54, 1.807) is 7.11 Å². The molecule has 0 saturated carbocycles. The van der Waals surface area contributed by atoms with Crippen LogP contribution in [0.4, 0.5) is 5.69 Å². The number of nitrogens with two attached hydrogens (primary N) is 1. The molecule has 3 N–H and O–H groups in total. The van der Waals surface area contributed by atoms with Gasteiger partial charge < -0.3 is 15.8 Å². The average Bonchev–Trinajstić information content (AvgIpc) is 3.02. The molecular formula is C17H29IN4O. The normalized spacial score (nSPS) is 17.0. The first-order valence-electron chi connectivity index (χ1n) is 8.05. The SMILES string of the molecule is COc1ccc(NC(N)=NCC(C(C)C)N2CCCC2)cc1.I. The van der Waals surface area contributed by atoms with Crippen LogP contribution in [-0.4, -0.2) is 43.6 Å². The van der Waals surface area contributed by atoms with Gasteiger partial charge in [0.25, 0.3) is 0 Å². The molecule has 130 valence electrons. The van der Waals surface area contributed by atoms with Crippen LogP contribution >= 0.6 is 24.0 Å². The molecule has 23 heavy (non-hydrogen) atoms. The topological polar surface area (TPSA) is 62.9 Å². The zero-order valence-corrected chi connectivity index (χ0v) is 16.6. The molecule has 0 spiro atoms. The highest BCUT2D eigenvalue weighted by Gasteiger charge is 2.24. The fourth-order valence-electron chi connectivity index (χ4n) is 2.87. The van der Waals surface area contributed by atoms with Gasteiger partial charge >= 0.3 is 0 Å². The fraction of sp³-hybridized carbons (Fsp3) is 0.588. The van der Waals surface area contributed by atoms with Crippen molar-refractivity contribution in [3.63, 3.8) is 0 Å². The number of aliphatic imine (C=N–C) groups is 1. The summed E-state index contributed by atoms with van der Waals surface area (Å²) in [4.78, 5) is 7.08. The van der Waals surface area contributed by atoms with Crippen LogP contribution in [0.25, 0.3) is 0 Å². The monoisotopic (exact) mass is 432 g/mol. The zero-order valence-electron chi connectivity index (χ0n) is 14.3. The van der Waals surface area contributed by atoms with Gasteiger partial charge in [0.1, 0.15) is 5.75 Å². The lowest BCUT2D eigenvalue weighted by atomic mass is 10.0. The van der Waals surface area contributed by atoms with Crippen LogP contribution < -0.4 is 15.8 Å². The van der Waals surface area contributed by atoms with Crippen molar-refractivity contribution < 1.29 is 4.74 Å². The van der Waals surface area contributed by atoms with E-state index in [1.807, 2.05) is 24.3 Å². The van der Waals surface area contributed by atoms with Crippen LogP contribution in [0.3, 0.4) is 0 Å². The third-order valence-corrected chi connectivity index (χ3v) is 4.19. The lowest BCUT2D eigenvalue weighted by molar-refractivity contribution is 0.198. The summed E-state index contributed by atoms with van der Waals surface area (Å²) in [5.74, 6) is 1.88. The van der Waals surface area contributed by atoms with E-state index in [0.29, 0.717) is 17.9 Å². The second-order valence-electron chi connectivity index (χ2n) is 6.13. The summed E-state index contributed by atoms with van der Waals surface area (Å²) in [5, 5.41) is 3.13. The average molecular weight is 432 g/mol. The van der Waals surface area contributed by atoms with E-state index in [1.165, 1.54) is 25.9 Å². The minimum absolute atomic E-state index is 0. The van der Waals surface area contributed by atoms with Crippen molar-refractivity contribution in [2.24, 2.45) is 16.6 Å².